The van der Waals surface area contributed by atoms with Crippen molar-refractivity contribution in [3.05, 3.63) is 64.4 Å². The van der Waals surface area contributed by atoms with E-state index >= 15 is 0 Å². The van der Waals surface area contributed by atoms with Gasteiger partial charge in [0, 0.05) is 43.0 Å². The Morgan fingerprint density at radius 2 is 1.95 bits per heavy atom. The van der Waals surface area contributed by atoms with Gasteiger partial charge in [-0.05, 0) is 36.4 Å². The average molecular weight is 334 g/mol. The van der Waals surface area contributed by atoms with Crippen molar-refractivity contribution < 1.29 is 0 Å². The monoisotopic (exact) mass is 333 g/mol. The number of rotatable bonds is 7. The third kappa shape index (κ3) is 5.41. The zero-order valence-corrected chi connectivity index (χ0v) is 13.3. The first-order valence-electron chi connectivity index (χ1n) is 6.76. The molecule has 0 amide bonds. The second kappa shape index (κ2) is 8.15. The Kier molecular flexibility index (Phi) is 6.18. The van der Waals surface area contributed by atoms with Gasteiger partial charge < -0.3 is 10.2 Å². The Balaban J connectivity index is 1.65. The second-order valence-corrected chi connectivity index (χ2v) is 5.82. The molecular formula is C16H20BrN3. The van der Waals surface area contributed by atoms with Gasteiger partial charge in [0.05, 0.1) is 0 Å². The highest BCUT2D eigenvalue weighted by molar-refractivity contribution is 9.10. The lowest BCUT2D eigenvalue weighted by Gasteiger charge is -2.17. The van der Waals surface area contributed by atoms with Gasteiger partial charge in [0.2, 0.25) is 0 Å². The first-order chi connectivity index (χ1) is 9.74. The Morgan fingerprint density at radius 1 is 1.15 bits per heavy atom. The minimum absolute atomic E-state index is 0.875. The molecule has 0 bridgehead atoms. The fourth-order valence-electron chi connectivity index (χ4n) is 1.99. The summed E-state index contributed by atoms with van der Waals surface area (Å²) in [6, 6.07) is 12.5. The van der Waals surface area contributed by atoms with Crippen LogP contribution in [-0.4, -0.2) is 30.0 Å². The summed E-state index contributed by atoms with van der Waals surface area (Å²) in [6.45, 7) is 3.85. The highest BCUT2D eigenvalue weighted by Gasteiger charge is 2.00. The molecule has 1 aromatic carbocycles. The molecule has 0 radical (unpaired) electrons. The van der Waals surface area contributed by atoms with E-state index in [0.29, 0.717) is 0 Å². The van der Waals surface area contributed by atoms with Crippen LogP contribution in [0.4, 0.5) is 0 Å². The molecule has 0 unspecified atom stereocenters. The first kappa shape index (κ1) is 15.2. The van der Waals surface area contributed by atoms with E-state index in [-0.39, 0.29) is 0 Å². The van der Waals surface area contributed by atoms with Gasteiger partial charge >= 0.3 is 0 Å². The van der Waals surface area contributed by atoms with Gasteiger partial charge in [0.1, 0.15) is 0 Å². The van der Waals surface area contributed by atoms with Gasteiger partial charge in [-0.15, -0.1) is 0 Å². The number of benzene rings is 1. The summed E-state index contributed by atoms with van der Waals surface area (Å²) >= 11 is 3.46. The van der Waals surface area contributed by atoms with Crippen LogP contribution in [0.15, 0.2) is 53.3 Å². The molecule has 2 aromatic rings. The summed E-state index contributed by atoms with van der Waals surface area (Å²) < 4.78 is 1.13. The topological polar surface area (TPSA) is 28.2 Å². The van der Waals surface area contributed by atoms with Crippen molar-refractivity contribution in [1.29, 1.82) is 0 Å². The van der Waals surface area contributed by atoms with E-state index in [4.69, 9.17) is 0 Å². The van der Waals surface area contributed by atoms with Crippen LogP contribution >= 0.6 is 15.9 Å². The number of hydrogen-bond donors (Lipinski definition) is 1. The molecule has 0 aliphatic rings. The molecule has 0 saturated heterocycles. The number of aromatic nitrogens is 1. The number of likely N-dealkylation sites (N-methyl/N-ethyl adjacent to an activating group) is 1. The predicted molar refractivity (Wildman–Crippen MR) is 86.4 cm³/mol. The molecule has 0 spiro atoms. The molecule has 20 heavy (non-hydrogen) atoms. The van der Waals surface area contributed by atoms with Crippen molar-refractivity contribution in [3.8, 4) is 0 Å². The van der Waals surface area contributed by atoms with E-state index in [2.05, 4.69) is 68.5 Å². The van der Waals surface area contributed by atoms with Crippen molar-refractivity contribution in [2.45, 2.75) is 13.1 Å². The van der Waals surface area contributed by atoms with Crippen LogP contribution in [0.25, 0.3) is 0 Å². The molecule has 0 saturated carbocycles. The van der Waals surface area contributed by atoms with Gasteiger partial charge in [-0.1, -0.05) is 34.1 Å². The van der Waals surface area contributed by atoms with Crippen LogP contribution < -0.4 is 5.32 Å². The third-order valence-electron chi connectivity index (χ3n) is 3.09. The normalized spacial score (nSPS) is 10.9. The smallest absolute Gasteiger partial charge is 0.0312 e. The number of nitrogens with zero attached hydrogens (tertiary/aromatic N) is 2. The average Bonchev–Trinajstić information content (AvgIpc) is 2.47. The molecule has 0 atom stereocenters. The van der Waals surface area contributed by atoms with E-state index < -0.39 is 0 Å². The molecule has 106 valence electrons. The van der Waals surface area contributed by atoms with Crippen LogP contribution in [0, 0.1) is 0 Å². The lowest BCUT2D eigenvalue weighted by Crippen LogP contribution is -2.28. The largest absolute Gasteiger partial charge is 0.311 e. The summed E-state index contributed by atoms with van der Waals surface area (Å²) in [5.41, 5.74) is 2.56. The molecule has 2 rings (SSSR count). The maximum absolute atomic E-state index is 4.11. The minimum Gasteiger partial charge on any atom is -0.311 e. The lowest BCUT2D eigenvalue weighted by molar-refractivity contribution is 0.324. The third-order valence-corrected chi connectivity index (χ3v) is 3.62. The predicted octanol–water partition coefficient (Wildman–Crippen LogP) is 3.07. The lowest BCUT2D eigenvalue weighted by atomic mass is 10.2. The first-order valence-corrected chi connectivity index (χ1v) is 7.56. The zero-order chi connectivity index (χ0) is 14.2. The Bertz CT molecular complexity index is 499. The van der Waals surface area contributed by atoms with Crippen molar-refractivity contribution in [3.63, 3.8) is 0 Å². The van der Waals surface area contributed by atoms with Crippen molar-refractivity contribution in [2.24, 2.45) is 0 Å². The minimum atomic E-state index is 0.875. The molecule has 1 aromatic heterocycles. The van der Waals surface area contributed by atoms with E-state index in [1.165, 1.54) is 11.1 Å². The summed E-state index contributed by atoms with van der Waals surface area (Å²) in [7, 11) is 2.15. The van der Waals surface area contributed by atoms with Gasteiger partial charge in [0.15, 0.2) is 0 Å². The van der Waals surface area contributed by atoms with Crippen LogP contribution in [0.3, 0.4) is 0 Å². The van der Waals surface area contributed by atoms with E-state index in [1.807, 2.05) is 12.3 Å². The number of halogens is 1. The van der Waals surface area contributed by atoms with Gasteiger partial charge in [-0.3, -0.25) is 4.98 Å². The fourth-order valence-corrected chi connectivity index (χ4v) is 2.25. The summed E-state index contributed by atoms with van der Waals surface area (Å²) in [4.78, 5) is 6.43. The molecule has 3 nitrogen and oxygen atoms in total. The fraction of sp³-hybridized carbons (Fsp3) is 0.312. The second-order valence-electron chi connectivity index (χ2n) is 4.90. The van der Waals surface area contributed by atoms with Gasteiger partial charge in [0.25, 0.3) is 0 Å². The molecule has 0 aliphatic heterocycles. The summed E-state index contributed by atoms with van der Waals surface area (Å²) in [5, 5.41) is 3.44. The van der Waals surface area contributed by atoms with Crippen LogP contribution in [-0.2, 0) is 13.1 Å². The van der Waals surface area contributed by atoms with E-state index in [0.717, 1.165) is 30.7 Å². The van der Waals surface area contributed by atoms with Gasteiger partial charge in [-0.2, -0.15) is 0 Å². The molecule has 0 aliphatic carbocycles. The van der Waals surface area contributed by atoms with Crippen LogP contribution in [0.1, 0.15) is 11.1 Å². The quantitative estimate of drug-likeness (QED) is 0.789. The van der Waals surface area contributed by atoms with Gasteiger partial charge in [-0.25, -0.2) is 0 Å². The highest BCUT2D eigenvalue weighted by atomic mass is 79.9. The van der Waals surface area contributed by atoms with Crippen LogP contribution in [0.5, 0.6) is 0 Å². The molecule has 0 fully saturated rings. The number of hydrogen-bond acceptors (Lipinski definition) is 3. The Hall–Kier alpha value is -1.23. The summed E-state index contributed by atoms with van der Waals surface area (Å²) in [5.74, 6) is 0. The van der Waals surface area contributed by atoms with Crippen molar-refractivity contribution in [2.75, 3.05) is 20.1 Å². The van der Waals surface area contributed by atoms with Crippen molar-refractivity contribution >= 4 is 15.9 Å². The van der Waals surface area contributed by atoms with E-state index in [1.54, 1.807) is 6.20 Å². The Morgan fingerprint density at radius 3 is 2.65 bits per heavy atom. The summed E-state index contributed by atoms with van der Waals surface area (Å²) in [6.07, 6.45) is 3.70. The molecule has 4 heteroatoms. The Labute approximate surface area is 129 Å². The highest BCUT2D eigenvalue weighted by Crippen LogP contribution is 2.11. The molecular weight excluding hydrogens is 314 g/mol. The zero-order valence-electron chi connectivity index (χ0n) is 11.7. The SMILES string of the molecule is CN(CCNCc1cccnc1)Cc1ccc(Br)cc1. The van der Waals surface area contributed by atoms with Crippen molar-refractivity contribution in [1.82, 2.24) is 15.2 Å². The number of nitrogens with one attached hydrogen (secondary N) is 1. The molecule has 1 N–H and O–H groups in total. The maximum atomic E-state index is 4.11. The number of pyridine rings is 1. The standard InChI is InChI=1S/C16H20BrN3/c1-20(13-14-4-6-16(17)7-5-14)10-9-19-12-15-3-2-8-18-11-15/h2-8,11,19H,9-10,12-13H2,1H3. The van der Waals surface area contributed by atoms with Crippen LogP contribution in [0.2, 0.25) is 0 Å². The maximum Gasteiger partial charge on any atom is 0.0312 e. The van der Waals surface area contributed by atoms with E-state index in [9.17, 15) is 0 Å². The molecule has 1 heterocycles.